The molecule has 21 heavy (non-hydrogen) atoms. The Balaban J connectivity index is 2.42. The molecule has 0 fully saturated rings. The largest absolute Gasteiger partial charge is 0.487 e. The fourth-order valence-electron chi connectivity index (χ4n) is 2.20. The highest BCUT2D eigenvalue weighted by Crippen LogP contribution is 2.35. The SMILES string of the molecule is CCCNS(=O)(=O)c1ccc2c(c1)N(C(C)=O)CC(C)O2. The van der Waals surface area contributed by atoms with Crippen LogP contribution in [0.1, 0.15) is 27.2 Å². The normalized spacial score (nSPS) is 18.0. The third kappa shape index (κ3) is 3.36. The Morgan fingerprint density at radius 2 is 2.19 bits per heavy atom. The number of benzene rings is 1. The van der Waals surface area contributed by atoms with Crippen molar-refractivity contribution >= 4 is 21.6 Å². The maximum atomic E-state index is 12.2. The molecule has 0 spiro atoms. The number of sulfonamides is 1. The molecule has 6 nitrogen and oxygen atoms in total. The Morgan fingerprint density at radius 3 is 2.81 bits per heavy atom. The van der Waals surface area contributed by atoms with Crippen molar-refractivity contribution in [3.8, 4) is 5.75 Å². The van der Waals surface area contributed by atoms with E-state index < -0.39 is 10.0 Å². The van der Waals surface area contributed by atoms with Crippen molar-refractivity contribution in [2.45, 2.75) is 38.2 Å². The first-order valence-corrected chi connectivity index (χ1v) is 8.42. The van der Waals surface area contributed by atoms with Crippen LogP contribution in [-0.4, -0.2) is 33.5 Å². The highest BCUT2D eigenvalue weighted by Gasteiger charge is 2.27. The summed E-state index contributed by atoms with van der Waals surface area (Å²) < 4.78 is 32.5. The van der Waals surface area contributed by atoms with Crippen molar-refractivity contribution in [3.05, 3.63) is 18.2 Å². The Morgan fingerprint density at radius 1 is 1.48 bits per heavy atom. The molecule has 116 valence electrons. The predicted octanol–water partition coefficient (Wildman–Crippen LogP) is 1.51. The van der Waals surface area contributed by atoms with E-state index in [9.17, 15) is 13.2 Å². The van der Waals surface area contributed by atoms with Gasteiger partial charge in [-0.25, -0.2) is 13.1 Å². The van der Waals surface area contributed by atoms with E-state index in [0.29, 0.717) is 30.9 Å². The minimum Gasteiger partial charge on any atom is -0.487 e. The fraction of sp³-hybridized carbons (Fsp3) is 0.500. The molecule has 1 aromatic rings. The van der Waals surface area contributed by atoms with Gasteiger partial charge in [0.1, 0.15) is 11.9 Å². The van der Waals surface area contributed by atoms with Crippen LogP contribution in [0.25, 0.3) is 0 Å². The van der Waals surface area contributed by atoms with Crippen molar-refractivity contribution in [3.63, 3.8) is 0 Å². The molecular formula is C14H20N2O4S. The number of ether oxygens (including phenoxy) is 1. The van der Waals surface area contributed by atoms with Gasteiger partial charge in [-0.05, 0) is 31.5 Å². The maximum absolute atomic E-state index is 12.2. The van der Waals surface area contributed by atoms with Crippen LogP contribution in [-0.2, 0) is 14.8 Å². The lowest BCUT2D eigenvalue weighted by molar-refractivity contribution is -0.117. The molecule has 1 atom stereocenters. The molecule has 1 amide bonds. The lowest BCUT2D eigenvalue weighted by Crippen LogP contribution is -2.41. The molecule has 1 N–H and O–H groups in total. The topological polar surface area (TPSA) is 75.7 Å². The molecule has 0 radical (unpaired) electrons. The van der Waals surface area contributed by atoms with Gasteiger partial charge in [0, 0.05) is 13.5 Å². The van der Waals surface area contributed by atoms with E-state index in [1.807, 2.05) is 13.8 Å². The predicted molar refractivity (Wildman–Crippen MR) is 80.0 cm³/mol. The summed E-state index contributed by atoms with van der Waals surface area (Å²) in [6, 6.07) is 4.58. The number of hydrogen-bond acceptors (Lipinski definition) is 4. The summed E-state index contributed by atoms with van der Waals surface area (Å²) in [5, 5.41) is 0. The van der Waals surface area contributed by atoms with E-state index in [1.54, 1.807) is 11.0 Å². The van der Waals surface area contributed by atoms with Gasteiger partial charge < -0.3 is 9.64 Å². The lowest BCUT2D eigenvalue weighted by Gasteiger charge is -2.33. The fourth-order valence-corrected chi connectivity index (χ4v) is 3.36. The van der Waals surface area contributed by atoms with Gasteiger partial charge in [-0.3, -0.25) is 4.79 Å². The molecule has 0 bridgehead atoms. The molecule has 0 saturated heterocycles. The molecule has 0 aliphatic carbocycles. The van der Waals surface area contributed by atoms with Gasteiger partial charge in [0.05, 0.1) is 17.1 Å². The summed E-state index contributed by atoms with van der Waals surface area (Å²) in [6.07, 6.45) is 0.590. The van der Waals surface area contributed by atoms with Crippen molar-refractivity contribution in [1.82, 2.24) is 4.72 Å². The quantitative estimate of drug-likeness (QED) is 0.914. The Kier molecular flexibility index (Phi) is 4.53. The number of nitrogens with zero attached hydrogens (tertiary/aromatic N) is 1. The number of fused-ring (bicyclic) bond motifs is 1. The Hall–Kier alpha value is -1.60. The summed E-state index contributed by atoms with van der Waals surface area (Å²) in [6.45, 7) is 6.00. The minimum atomic E-state index is -3.56. The van der Waals surface area contributed by atoms with E-state index in [4.69, 9.17) is 4.74 Å². The van der Waals surface area contributed by atoms with E-state index in [-0.39, 0.29) is 16.9 Å². The first-order valence-electron chi connectivity index (χ1n) is 6.93. The van der Waals surface area contributed by atoms with Crippen LogP contribution < -0.4 is 14.4 Å². The number of rotatable bonds is 4. The van der Waals surface area contributed by atoms with Crippen molar-refractivity contribution in [2.24, 2.45) is 0 Å². The summed E-state index contributed by atoms with van der Waals surface area (Å²) in [5.74, 6) is 0.390. The summed E-state index contributed by atoms with van der Waals surface area (Å²) in [7, 11) is -3.56. The zero-order chi connectivity index (χ0) is 15.6. The number of carbonyl (C=O) groups excluding carboxylic acids is 1. The van der Waals surface area contributed by atoms with E-state index in [2.05, 4.69) is 4.72 Å². The second-order valence-electron chi connectivity index (χ2n) is 5.09. The molecule has 1 aliphatic rings. The highest BCUT2D eigenvalue weighted by molar-refractivity contribution is 7.89. The number of carbonyl (C=O) groups is 1. The number of anilines is 1. The third-order valence-electron chi connectivity index (χ3n) is 3.22. The first kappa shape index (κ1) is 15.8. The average molecular weight is 312 g/mol. The average Bonchev–Trinajstić information content (AvgIpc) is 2.43. The first-order chi connectivity index (χ1) is 9.85. The standard InChI is InChI=1S/C14H20N2O4S/c1-4-7-15-21(18,19)12-5-6-14-13(8-12)16(11(3)17)9-10(2)20-14/h5-6,8,10,15H,4,7,9H2,1-3H3. The van der Waals surface area contributed by atoms with Crippen LogP contribution in [0.2, 0.25) is 0 Å². The zero-order valence-corrected chi connectivity index (χ0v) is 13.2. The van der Waals surface area contributed by atoms with Crippen molar-refractivity contribution in [1.29, 1.82) is 0 Å². The lowest BCUT2D eigenvalue weighted by atomic mass is 10.2. The second kappa shape index (κ2) is 6.03. The van der Waals surface area contributed by atoms with Crippen LogP contribution in [0.3, 0.4) is 0 Å². The molecule has 2 rings (SSSR count). The molecule has 1 aliphatic heterocycles. The maximum Gasteiger partial charge on any atom is 0.240 e. The van der Waals surface area contributed by atoms with Crippen molar-refractivity contribution < 1.29 is 17.9 Å². The van der Waals surface area contributed by atoms with E-state index >= 15 is 0 Å². The smallest absolute Gasteiger partial charge is 0.240 e. The number of amides is 1. The van der Waals surface area contributed by atoms with Crippen LogP contribution in [0.5, 0.6) is 5.75 Å². The molecule has 0 saturated carbocycles. The van der Waals surface area contributed by atoms with Gasteiger partial charge in [0.15, 0.2) is 0 Å². The molecule has 1 aromatic carbocycles. The Labute approximate surface area is 125 Å². The van der Waals surface area contributed by atoms with E-state index in [1.165, 1.54) is 19.1 Å². The summed E-state index contributed by atoms with van der Waals surface area (Å²) >= 11 is 0. The van der Waals surface area contributed by atoms with E-state index in [0.717, 1.165) is 0 Å². The molecule has 1 unspecified atom stereocenters. The van der Waals surface area contributed by atoms with Gasteiger partial charge >= 0.3 is 0 Å². The molecule has 1 heterocycles. The van der Waals surface area contributed by atoms with Crippen LogP contribution >= 0.6 is 0 Å². The van der Waals surface area contributed by atoms with Gasteiger partial charge in [-0.2, -0.15) is 0 Å². The minimum absolute atomic E-state index is 0.123. The van der Waals surface area contributed by atoms with Crippen LogP contribution in [0.15, 0.2) is 23.1 Å². The highest BCUT2D eigenvalue weighted by atomic mass is 32.2. The monoisotopic (exact) mass is 312 g/mol. The van der Waals surface area contributed by atoms with Crippen LogP contribution in [0.4, 0.5) is 5.69 Å². The molecule has 0 aromatic heterocycles. The third-order valence-corrected chi connectivity index (χ3v) is 4.68. The van der Waals surface area contributed by atoms with Gasteiger partial charge in [0.25, 0.3) is 0 Å². The van der Waals surface area contributed by atoms with Crippen molar-refractivity contribution in [2.75, 3.05) is 18.0 Å². The Bertz CT molecular complexity index is 642. The van der Waals surface area contributed by atoms with Gasteiger partial charge in [-0.1, -0.05) is 6.92 Å². The zero-order valence-electron chi connectivity index (χ0n) is 12.4. The van der Waals surface area contributed by atoms with Gasteiger partial charge in [0.2, 0.25) is 15.9 Å². The van der Waals surface area contributed by atoms with Crippen LogP contribution in [0, 0.1) is 0 Å². The second-order valence-corrected chi connectivity index (χ2v) is 6.85. The number of hydrogen-bond donors (Lipinski definition) is 1. The molecular weight excluding hydrogens is 292 g/mol. The van der Waals surface area contributed by atoms with Gasteiger partial charge in [-0.15, -0.1) is 0 Å². The summed E-state index contributed by atoms with van der Waals surface area (Å²) in [5.41, 5.74) is 0.500. The summed E-state index contributed by atoms with van der Waals surface area (Å²) in [4.78, 5) is 13.4. The number of nitrogens with one attached hydrogen (secondary N) is 1. The molecule has 7 heteroatoms.